The van der Waals surface area contributed by atoms with Gasteiger partial charge in [-0.05, 0) is 23.8 Å². The van der Waals surface area contributed by atoms with E-state index in [2.05, 4.69) is 10.3 Å². The average molecular weight is 358 g/mol. The maximum absolute atomic E-state index is 13.4. The van der Waals surface area contributed by atoms with Crippen LogP contribution in [-0.2, 0) is 9.59 Å². The second kappa shape index (κ2) is 6.87. The van der Waals surface area contributed by atoms with E-state index in [-0.39, 0.29) is 18.0 Å². The number of nitrogens with zero attached hydrogens (tertiary/aromatic N) is 3. The van der Waals surface area contributed by atoms with Crippen molar-refractivity contribution in [1.82, 2.24) is 9.88 Å². The number of nitro benzene ring substituents is 1. The van der Waals surface area contributed by atoms with Gasteiger partial charge in [0.25, 0.3) is 0 Å². The topological polar surface area (TPSA) is 105 Å². The smallest absolute Gasteiger partial charge is 0.306 e. The van der Waals surface area contributed by atoms with Crippen LogP contribution in [0.4, 0.5) is 15.8 Å². The predicted octanol–water partition coefficient (Wildman–Crippen LogP) is 2.29. The third-order valence-corrected chi connectivity index (χ3v) is 4.36. The summed E-state index contributed by atoms with van der Waals surface area (Å²) in [5, 5.41) is 13.4. The molecule has 134 valence electrons. The highest BCUT2D eigenvalue weighted by Crippen LogP contribution is 2.37. The summed E-state index contributed by atoms with van der Waals surface area (Å²) >= 11 is 0. The third-order valence-electron chi connectivity index (χ3n) is 4.36. The van der Waals surface area contributed by atoms with Crippen LogP contribution in [-0.4, -0.2) is 33.7 Å². The molecule has 0 aliphatic carbocycles. The largest absolute Gasteiger partial charge is 0.338 e. The van der Waals surface area contributed by atoms with Gasteiger partial charge in [-0.3, -0.25) is 24.7 Å². The number of carbonyl (C=O) groups is 2. The highest BCUT2D eigenvalue weighted by molar-refractivity contribution is 5.98. The fourth-order valence-electron chi connectivity index (χ4n) is 3.08. The molecule has 1 aliphatic heterocycles. The molecule has 0 saturated carbocycles. The molecular formula is C17H15FN4O4. The Morgan fingerprint density at radius 2 is 2.19 bits per heavy atom. The molecule has 2 amide bonds. The molecule has 1 aromatic heterocycles. The zero-order chi connectivity index (χ0) is 18.8. The van der Waals surface area contributed by atoms with Gasteiger partial charge in [-0.1, -0.05) is 6.07 Å². The summed E-state index contributed by atoms with van der Waals surface area (Å²) in [7, 11) is 1.61. The summed E-state index contributed by atoms with van der Waals surface area (Å²) in [5.74, 6) is -2.35. The van der Waals surface area contributed by atoms with E-state index in [1.807, 2.05) is 0 Å². The molecule has 2 unspecified atom stereocenters. The lowest BCUT2D eigenvalue weighted by molar-refractivity contribution is -0.387. The van der Waals surface area contributed by atoms with Gasteiger partial charge in [-0.15, -0.1) is 0 Å². The minimum absolute atomic E-state index is 0.00514. The molecule has 2 atom stereocenters. The summed E-state index contributed by atoms with van der Waals surface area (Å²) in [6.07, 6.45) is 3.18. The molecule has 0 bridgehead atoms. The predicted molar refractivity (Wildman–Crippen MR) is 89.5 cm³/mol. The van der Waals surface area contributed by atoms with Crippen molar-refractivity contribution in [3.05, 3.63) is 64.2 Å². The number of carbonyl (C=O) groups excluding carboxylic acids is 2. The number of pyridine rings is 1. The fourth-order valence-corrected chi connectivity index (χ4v) is 3.08. The summed E-state index contributed by atoms with van der Waals surface area (Å²) in [5.41, 5.74) is 0.0763. The van der Waals surface area contributed by atoms with E-state index in [0.29, 0.717) is 5.56 Å². The van der Waals surface area contributed by atoms with Gasteiger partial charge in [-0.25, -0.2) is 0 Å². The van der Waals surface area contributed by atoms with Crippen LogP contribution in [0.1, 0.15) is 18.0 Å². The Hall–Kier alpha value is -3.36. The van der Waals surface area contributed by atoms with Gasteiger partial charge in [0.2, 0.25) is 17.6 Å². The van der Waals surface area contributed by atoms with Gasteiger partial charge in [0, 0.05) is 37.6 Å². The molecule has 2 heterocycles. The molecule has 1 N–H and O–H groups in total. The SMILES string of the molecule is CN1C(=O)CC(C(=O)Nc2ccc(F)c([N+](=O)[O-])c2)C1c1cccnc1. The molecule has 0 radical (unpaired) electrons. The molecule has 26 heavy (non-hydrogen) atoms. The van der Waals surface area contributed by atoms with Crippen molar-refractivity contribution in [3.63, 3.8) is 0 Å². The summed E-state index contributed by atoms with van der Waals surface area (Å²) < 4.78 is 13.4. The van der Waals surface area contributed by atoms with Gasteiger partial charge in [-0.2, -0.15) is 4.39 Å². The average Bonchev–Trinajstić information content (AvgIpc) is 2.92. The molecule has 1 saturated heterocycles. The van der Waals surface area contributed by atoms with E-state index in [0.717, 1.165) is 12.1 Å². The highest BCUT2D eigenvalue weighted by atomic mass is 19.1. The molecule has 1 fully saturated rings. The van der Waals surface area contributed by atoms with Gasteiger partial charge in [0.05, 0.1) is 16.9 Å². The molecule has 8 nitrogen and oxygen atoms in total. The van der Waals surface area contributed by atoms with Crippen LogP contribution >= 0.6 is 0 Å². The Balaban J connectivity index is 1.86. The van der Waals surface area contributed by atoms with Gasteiger partial charge >= 0.3 is 5.69 Å². The maximum atomic E-state index is 13.4. The first kappa shape index (κ1) is 17.5. The monoisotopic (exact) mass is 358 g/mol. The van der Waals surface area contributed by atoms with Crippen molar-refractivity contribution in [2.24, 2.45) is 5.92 Å². The van der Waals surface area contributed by atoms with Crippen LogP contribution < -0.4 is 5.32 Å². The summed E-state index contributed by atoms with van der Waals surface area (Å²) in [6, 6.07) is 6.09. The number of nitro groups is 1. The number of benzene rings is 1. The molecular weight excluding hydrogens is 343 g/mol. The van der Waals surface area contributed by atoms with E-state index in [1.165, 1.54) is 11.0 Å². The van der Waals surface area contributed by atoms with Gasteiger partial charge in [0.1, 0.15) is 0 Å². The Bertz CT molecular complexity index is 874. The van der Waals surface area contributed by atoms with Crippen molar-refractivity contribution in [1.29, 1.82) is 0 Å². The Morgan fingerprint density at radius 3 is 2.85 bits per heavy atom. The lowest BCUT2D eigenvalue weighted by atomic mass is 9.94. The molecule has 9 heteroatoms. The number of hydrogen-bond donors (Lipinski definition) is 1. The molecule has 0 spiro atoms. The van der Waals surface area contributed by atoms with Crippen LogP contribution in [0.5, 0.6) is 0 Å². The molecule has 1 aliphatic rings. The fraction of sp³-hybridized carbons (Fsp3) is 0.235. The van der Waals surface area contributed by atoms with Crippen LogP contribution in [0.3, 0.4) is 0 Å². The number of amides is 2. The van der Waals surface area contributed by atoms with Crippen molar-refractivity contribution < 1.29 is 18.9 Å². The van der Waals surface area contributed by atoms with Crippen molar-refractivity contribution in [2.75, 3.05) is 12.4 Å². The first-order chi connectivity index (χ1) is 12.4. The molecule has 2 aromatic rings. The molecule has 3 rings (SSSR count). The zero-order valence-corrected chi connectivity index (χ0v) is 13.8. The minimum atomic E-state index is -0.989. The Labute approximate surface area is 147 Å². The first-order valence-corrected chi connectivity index (χ1v) is 7.79. The number of nitrogens with one attached hydrogen (secondary N) is 1. The summed E-state index contributed by atoms with van der Waals surface area (Å²) in [4.78, 5) is 40.3. The number of rotatable bonds is 4. The van der Waals surface area contributed by atoms with Crippen molar-refractivity contribution in [3.8, 4) is 0 Å². The van der Waals surface area contributed by atoms with E-state index in [9.17, 15) is 24.1 Å². The van der Waals surface area contributed by atoms with Crippen molar-refractivity contribution >= 4 is 23.2 Å². The lowest BCUT2D eigenvalue weighted by Gasteiger charge is -2.24. The van der Waals surface area contributed by atoms with Crippen molar-refractivity contribution in [2.45, 2.75) is 12.5 Å². The minimum Gasteiger partial charge on any atom is -0.338 e. The number of anilines is 1. The lowest BCUT2D eigenvalue weighted by Crippen LogP contribution is -2.30. The Kier molecular flexibility index (Phi) is 4.61. The van der Waals surface area contributed by atoms with E-state index < -0.39 is 34.3 Å². The second-order valence-electron chi connectivity index (χ2n) is 5.96. The Morgan fingerprint density at radius 1 is 1.42 bits per heavy atom. The van der Waals surface area contributed by atoms with E-state index >= 15 is 0 Å². The number of likely N-dealkylation sites (tertiary alicyclic amines) is 1. The number of aromatic nitrogens is 1. The highest BCUT2D eigenvalue weighted by Gasteiger charge is 2.42. The van der Waals surface area contributed by atoms with Crippen LogP contribution in [0.15, 0.2) is 42.7 Å². The number of halogens is 1. The van der Waals surface area contributed by atoms with E-state index in [4.69, 9.17) is 0 Å². The second-order valence-corrected chi connectivity index (χ2v) is 5.96. The zero-order valence-electron chi connectivity index (χ0n) is 13.8. The van der Waals surface area contributed by atoms with E-state index in [1.54, 1.807) is 31.6 Å². The number of hydrogen-bond acceptors (Lipinski definition) is 5. The standard InChI is InChI=1S/C17H15FN4O4/c1-21-15(23)8-12(16(21)10-3-2-6-19-9-10)17(24)20-11-4-5-13(18)14(7-11)22(25)26/h2-7,9,12,16H,8H2,1H3,(H,20,24). The summed E-state index contributed by atoms with van der Waals surface area (Å²) in [6.45, 7) is 0. The first-order valence-electron chi connectivity index (χ1n) is 7.79. The van der Waals surface area contributed by atoms with Crippen LogP contribution in [0, 0.1) is 21.8 Å². The van der Waals surface area contributed by atoms with Crippen LogP contribution in [0.25, 0.3) is 0 Å². The molecule has 1 aromatic carbocycles. The third kappa shape index (κ3) is 3.23. The quantitative estimate of drug-likeness (QED) is 0.667. The van der Waals surface area contributed by atoms with Gasteiger partial charge < -0.3 is 10.2 Å². The van der Waals surface area contributed by atoms with Crippen LogP contribution in [0.2, 0.25) is 0 Å². The normalized spacial score (nSPS) is 19.5. The van der Waals surface area contributed by atoms with Gasteiger partial charge in [0.15, 0.2) is 0 Å². The maximum Gasteiger partial charge on any atom is 0.306 e.